The van der Waals surface area contributed by atoms with Crippen molar-refractivity contribution in [3.05, 3.63) is 39.4 Å². The second kappa shape index (κ2) is 8.12. The molecule has 1 aromatic rings. The second-order valence-corrected chi connectivity index (χ2v) is 5.15. The van der Waals surface area contributed by atoms with Crippen LogP contribution in [0.15, 0.2) is 18.2 Å². The fourth-order valence-corrected chi connectivity index (χ4v) is 2.49. The summed E-state index contributed by atoms with van der Waals surface area (Å²) < 4.78 is 33.5. The zero-order chi connectivity index (χ0) is 17.7. The molecule has 0 heterocycles. The highest BCUT2D eigenvalue weighted by Gasteiger charge is 2.22. The predicted molar refractivity (Wildman–Crippen MR) is 79.3 cm³/mol. The first kappa shape index (κ1) is 19.2. The first-order valence-corrected chi connectivity index (χ1v) is 6.85. The molecule has 23 heavy (non-hydrogen) atoms. The Bertz CT molecular complexity index is 647. The maximum absolute atomic E-state index is 12.4. The van der Waals surface area contributed by atoms with E-state index in [1.165, 1.54) is 6.07 Å². The summed E-state index contributed by atoms with van der Waals surface area (Å²) >= 11 is 11.8. The lowest BCUT2D eigenvalue weighted by molar-refractivity contribution is -0.137. The van der Waals surface area contributed by atoms with Gasteiger partial charge in [0.05, 0.1) is 23.6 Å². The molecule has 0 bridgehead atoms. The average Bonchev–Trinajstić information content (AvgIpc) is 2.46. The van der Waals surface area contributed by atoms with E-state index < -0.39 is 30.7 Å². The molecule has 0 unspecified atom stereocenters. The van der Waals surface area contributed by atoms with Crippen LogP contribution in [0.4, 0.5) is 8.78 Å². The lowest BCUT2D eigenvalue weighted by Crippen LogP contribution is -2.11. The number of aliphatic carboxylic acids is 1. The molecular formula is C14H12Cl2F2O5. The molecule has 9 heteroatoms. The van der Waals surface area contributed by atoms with Gasteiger partial charge in [-0.3, -0.25) is 4.79 Å². The minimum atomic E-state index is -3.18. The number of hydrogen-bond donors (Lipinski definition) is 1. The minimum Gasteiger partial charge on any atom is -0.481 e. The summed E-state index contributed by atoms with van der Waals surface area (Å²) in [6.45, 7) is 0.330. The van der Waals surface area contributed by atoms with E-state index in [1.54, 1.807) is 0 Å². The van der Waals surface area contributed by atoms with E-state index in [0.29, 0.717) is 0 Å². The number of alkyl halides is 2. The molecule has 0 amide bonds. The summed E-state index contributed by atoms with van der Waals surface area (Å²) in [5.74, 6) is -2.47. The smallest absolute Gasteiger partial charge is 0.387 e. The summed E-state index contributed by atoms with van der Waals surface area (Å²) in [5.41, 5.74) is 0.275. The molecule has 1 rings (SSSR count). The third-order valence-electron chi connectivity index (χ3n) is 2.78. The molecule has 5 nitrogen and oxygen atoms in total. The van der Waals surface area contributed by atoms with Crippen LogP contribution < -0.4 is 4.74 Å². The number of hydrogen-bond acceptors (Lipinski definition) is 4. The molecule has 0 aromatic heterocycles. The van der Waals surface area contributed by atoms with Gasteiger partial charge in [-0.1, -0.05) is 29.8 Å². The van der Waals surface area contributed by atoms with Crippen LogP contribution in [0.3, 0.4) is 0 Å². The van der Waals surface area contributed by atoms with Crippen molar-refractivity contribution in [3.8, 4) is 5.75 Å². The van der Waals surface area contributed by atoms with E-state index in [-0.39, 0.29) is 33.2 Å². The van der Waals surface area contributed by atoms with Crippen molar-refractivity contribution in [2.45, 2.75) is 19.5 Å². The maximum atomic E-state index is 12.4. The number of ether oxygens (including phenoxy) is 2. The Kier molecular flexibility index (Phi) is 6.78. The van der Waals surface area contributed by atoms with Crippen molar-refractivity contribution < 1.29 is 33.0 Å². The molecule has 0 aliphatic rings. The van der Waals surface area contributed by atoms with E-state index in [2.05, 4.69) is 16.1 Å². The zero-order valence-electron chi connectivity index (χ0n) is 11.9. The normalized spacial score (nSPS) is 10.5. The number of rotatable bonds is 7. The number of methoxy groups -OCH3 is 1. The Morgan fingerprint density at radius 1 is 1.35 bits per heavy atom. The molecule has 0 radical (unpaired) electrons. The number of carboxylic acid groups (broad SMARTS) is 1. The molecule has 0 saturated carbocycles. The largest absolute Gasteiger partial charge is 0.481 e. The van der Waals surface area contributed by atoms with Gasteiger partial charge in [0.15, 0.2) is 5.75 Å². The zero-order valence-corrected chi connectivity index (χ0v) is 13.4. The molecule has 0 atom stereocenters. The van der Waals surface area contributed by atoms with Crippen LogP contribution in [0.1, 0.15) is 11.1 Å². The summed E-state index contributed by atoms with van der Waals surface area (Å²) in [6.07, 6.45) is -0.678. The molecule has 0 aliphatic heterocycles. The second-order valence-electron chi connectivity index (χ2n) is 4.36. The van der Waals surface area contributed by atoms with E-state index in [9.17, 15) is 18.4 Å². The topological polar surface area (TPSA) is 72.8 Å². The Morgan fingerprint density at radius 3 is 2.43 bits per heavy atom. The number of benzene rings is 1. The highest BCUT2D eigenvalue weighted by Crippen LogP contribution is 2.39. The van der Waals surface area contributed by atoms with Crippen molar-refractivity contribution in [2.75, 3.05) is 7.11 Å². The molecule has 0 spiro atoms. The van der Waals surface area contributed by atoms with Crippen molar-refractivity contribution in [1.82, 2.24) is 0 Å². The Morgan fingerprint density at radius 2 is 1.96 bits per heavy atom. The van der Waals surface area contributed by atoms with Crippen LogP contribution >= 0.6 is 23.2 Å². The highest BCUT2D eigenvalue weighted by atomic mass is 35.5. The van der Waals surface area contributed by atoms with Crippen LogP contribution in [0.25, 0.3) is 0 Å². The first-order valence-electron chi connectivity index (χ1n) is 6.09. The van der Waals surface area contributed by atoms with Crippen LogP contribution in [0, 0.1) is 0 Å². The van der Waals surface area contributed by atoms with Gasteiger partial charge in [-0.2, -0.15) is 8.78 Å². The molecule has 0 saturated heterocycles. The Hall–Kier alpha value is -1.86. The Labute approximate surface area is 140 Å². The summed E-state index contributed by atoms with van der Waals surface area (Å²) in [7, 11) is 1.16. The molecule has 126 valence electrons. The van der Waals surface area contributed by atoms with Crippen LogP contribution in [-0.4, -0.2) is 30.8 Å². The third-order valence-corrected chi connectivity index (χ3v) is 3.46. The quantitative estimate of drug-likeness (QED) is 0.588. The van der Waals surface area contributed by atoms with Crippen molar-refractivity contribution in [2.24, 2.45) is 0 Å². The lowest BCUT2D eigenvalue weighted by atomic mass is 9.98. The SMILES string of the molecule is C=C(Cc1cc(Cl)c(OC(F)F)c(Cl)c1CC(=O)O)C(=O)OC. The highest BCUT2D eigenvalue weighted by molar-refractivity contribution is 6.38. The third kappa shape index (κ3) is 5.07. The molecule has 1 N–H and O–H groups in total. The summed E-state index contributed by atoms with van der Waals surface area (Å²) in [6, 6.07) is 1.21. The molecule has 1 aromatic carbocycles. The van der Waals surface area contributed by atoms with E-state index >= 15 is 0 Å². The van der Waals surface area contributed by atoms with Gasteiger partial charge in [-0.15, -0.1) is 0 Å². The van der Waals surface area contributed by atoms with Gasteiger partial charge in [0.1, 0.15) is 0 Å². The van der Waals surface area contributed by atoms with Gasteiger partial charge in [0.2, 0.25) is 0 Å². The van der Waals surface area contributed by atoms with Crippen molar-refractivity contribution >= 4 is 35.1 Å². The minimum absolute atomic E-state index is 0.00395. The average molecular weight is 369 g/mol. The number of halogens is 4. The van der Waals surface area contributed by atoms with Crippen LogP contribution in [0.2, 0.25) is 10.0 Å². The number of carboxylic acids is 1. The van der Waals surface area contributed by atoms with E-state index in [4.69, 9.17) is 28.3 Å². The van der Waals surface area contributed by atoms with Gasteiger partial charge in [-0.05, 0) is 17.2 Å². The standard InChI is InChI=1S/C14H12Cl2F2O5/c1-6(13(21)22-2)3-7-4-9(15)12(23-14(17)18)11(16)8(7)5-10(19)20/h4,14H,1,3,5H2,2H3,(H,19,20). The molecular weight excluding hydrogens is 357 g/mol. The Balaban J connectivity index is 3.36. The van der Waals surface area contributed by atoms with E-state index in [0.717, 1.165) is 7.11 Å². The number of esters is 1. The van der Waals surface area contributed by atoms with E-state index in [1.807, 2.05) is 0 Å². The summed E-state index contributed by atoms with van der Waals surface area (Å²) in [4.78, 5) is 22.4. The van der Waals surface area contributed by atoms with Crippen LogP contribution in [0.5, 0.6) is 5.75 Å². The van der Waals surface area contributed by atoms with Gasteiger partial charge in [0, 0.05) is 12.0 Å². The summed E-state index contributed by atoms with van der Waals surface area (Å²) in [5, 5.41) is 8.36. The fraction of sp³-hybridized carbons (Fsp3) is 0.286. The maximum Gasteiger partial charge on any atom is 0.387 e. The van der Waals surface area contributed by atoms with Crippen LogP contribution in [-0.2, 0) is 27.2 Å². The van der Waals surface area contributed by atoms with Gasteiger partial charge in [-0.25, -0.2) is 4.79 Å². The fourth-order valence-electron chi connectivity index (χ4n) is 1.83. The van der Waals surface area contributed by atoms with Gasteiger partial charge in [0.25, 0.3) is 0 Å². The molecule has 0 fully saturated rings. The predicted octanol–water partition coefficient (Wildman–Crippen LogP) is 3.49. The van der Waals surface area contributed by atoms with Crippen molar-refractivity contribution in [1.29, 1.82) is 0 Å². The van der Waals surface area contributed by atoms with Gasteiger partial charge >= 0.3 is 18.6 Å². The molecule has 0 aliphatic carbocycles. The van der Waals surface area contributed by atoms with Crippen molar-refractivity contribution in [3.63, 3.8) is 0 Å². The van der Waals surface area contributed by atoms with Gasteiger partial charge < -0.3 is 14.6 Å². The first-order chi connectivity index (χ1) is 10.7. The number of carbonyl (C=O) groups excluding carboxylic acids is 1. The number of carbonyl (C=O) groups is 2. The lowest BCUT2D eigenvalue weighted by Gasteiger charge is -2.16. The monoisotopic (exact) mass is 368 g/mol.